The van der Waals surface area contributed by atoms with Crippen molar-refractivity contribution in [3.63, 3.8) is 0 Å². The molecule has 2 aliphatic rings. The molecule has 2 N–H and O–H groups in total. The second-order valence-corrected chi connectivity index (χ2v) is 12.6. The predicted molar refractivity (Wildman–Crippen MR) is 142 cm³/mol. The van der Waals surface area contributed by atoms with Crippen molar-refractivity contribution in [3.05, 3.63) is 65.1 Å². The van der Waals surface area contributed by atoms with Gasteiger partial charge in [-0.1, -0.05) is 25.4 Å². The van der Waals surface area contributed by atoms with Crippen LogP contribution in [0.3, 0.4) is 0 Å². The van der Waals surface area contributed by atoms with Gasteiger partial charge in [0.25, 0.3) is 5.91 Å². The Kier molecular flexibility index (Phi) is 5.83. The zero-order valence-electron chi connectivity index (χ0n) is 20.5. The number of carbonyl (C=O) groups excluding carboxylic acids is 1. The molecule has 190 valence electrons. The van der Waals surface area contributed by atoms with Crippen LogP contribution in [0.1, 0.15) is 24.2 Å². The van der Waals surface area contributed by atoms with Gasteiger partial charge in [-0.05, 0) is 59.7 Å². The SMILES string of the molecule is Cn1cc(C(=O)Nc2cc(Cl)cc(NS(C)(=O)=O)c2)cc1-c1ccc(N2CC3C(C2)C3(C)C)cc1F. The van der Waals surface area contributed by atoms with E-state index in [4.69, 9.17) is 11.6 Å². The molecule has 1 amide bonds. The summed E-state index contributed by atoms with van der Waals surface area (Å²) < 4.78 is 42.3. The Morgan fingerprint density at radius 2 is 1.75 bits per heavy atom. The summed E-state index contributed by atoms with van der Waals surface area (Å²) in [5.74, 6) is 0.575. The molecule has 1 saturated heterocycles. The van der Waals surface area contributed by atoms with Crippen LogP contribution in [0.4, 0.5) is 21.5 Å². The van der Waals surface area contributed by atoms with Gasteiger partial charge in [0.15, 0.2) is 0 Å². The summed E-state index contributed by atoms with van der Waals surface area (Å²) in [5, 5.41) is 2.98. The lowest BCUT2D eigenvalue weighted by atomic mass is 10.1. The average molecular weight is 531 g/mol. The lowest BCUT2D eigenvalue weighted by Crippen LogP contribution is -2.26. The predicted octanol–water partition coefficient (Wildman–Crippen LogP) is 5.20. The molecule has 1 aliphatic heterocycles. The Labute approximate surface area is 215 Å². The molecule has 2 heterocycles. The van der Waals surface area contributed by atoms with E-state index < -0.39 is 15.9 Å². The van der Waals surface area contributed by atoms with Crippen LogP contribution in [0.25, 0.3) is 11.3 Å². The normalized spacial score (nSPS) is 20.2. The zero-order chi connectivity index (χ0) is 26.0. The van der Waals surface area contributed by atoms with Crippen LogP contribution in [-0.2, 0) is 17.1 Å². The molecule has 1 aromatic heterocycles. The Morgan fingerprint density at radius 3 is 2.39 bits per heavy atom. The Hall–Kier alpha value is -3.04. The van der Waals surface area contributed by atoms with Gasteiger partial charge in [0, 0.05) is 48.3 Å². The van der Waals surface area contributed by atoms with Gasteiger partial charge in [-0.25, -0.2) is 12.8 Å². The molecule has 2 fully saturated rings. The highest BCUT2D eigenvalue weighted by atomic mass is 35.5. The number of benzene rings is 2. The molecule has 2 atom stereocenters. The van der Waals surface area contributed by atoms with Gasteiger partial charge >= 0.3 is 0 Å². The molecule has 10 heteroatoms. The molecule has 36 heavy (non-hydrogen) atoms. The summed E-state index contributed by atoms with van der Waals surface area (Å²) >= 11 is 6.08. The van der Waals surface area contributed by atoms with Gasteiger partial charge in [0.2, 0.25) is 10.0 Å². The molecular weight excluding hydrogens is 503 g/mol. The average Bonchev–Trinajstić information content (AvgIpc) is 3.14. The molecule has 0 radical (unpaired) electrons. The van der Waals surface area contributed by atoms with E-state index >= 15 is 4.39 Å². The summed E-state index contributed by atoms with van der Waals surface area (Å²) in [5.41, 5.74) is 3.14. The summed E-state index contributed by atoms with van der Waals surface area (Å²) in [7, 11) is -1.75. The summed E-state index contributed by atoms with van der Waals surface area (Å²) in [6.07, 6.45) is 2.64. The van der Waals surface area contributed by atoms with E-state index in [0.29, 0.717) is 39.8 Å². The maximum atomic E-state index is 15.2. The van der Waals surface area contributed by atoms with E-state index in [0.717, 1.165) is 25.0 Å². The molecule has 5 rings (SSSR count). The van der Waals surface area contributed by atoms with Crippen LogP contribution in [0.5, 0.6) is 0 Å². The van der Waals surface area contributed by atoms with Crippen LogP contribution in [0.2, 0.25) is 5.02 Å². The number of rotatable bonds is 6. The number of nitrogens with zero attached hydrogens (tertiary/aromatic N) is 2. The number of hydrogen-bond acceptors (Lipinski definition) is 4. The zero-order valence-corrected chi connectivity index (χ0v) is 22.0. The fraction of sp³-hybridized carbons (Fsp3) is 0.346. The van der Waals surface area contributed by atoms with Crippen molar-refractivity contribution in [1.82, 2.24) is 4.57 Å². The Balaban J connectivity index is 1.33. The van der Waals surface area contributed by atoms with Crippen LogP contribution < -0.4 is 14.9 Å². The monoisotopic (exact) mass is 530 g/mol. The third-order valence-electron chi connectivity index (χ3n) is 7.44. The van der Waals surface area contributed by atoms with Crippen molar-refractivity contribution in [2.75, 3.05) is 34.3 Å². The number of amides is 1. The van der Waals surface area contributed by atoms with Crippen molar-refractivity contribution < 1.29 is 17.6 Å². The first-order chi connectivity index (χ1) is 16.8. The number of nitrogens with one attached hydrogen (secondary N) is 2. The molecule has 2 aromatic carbocycles. The molecule has 2 unspecified atom stereocenters. The second-order valence-electron chi connectivity index (χ2n) is 10.4. The van der Waals surface area contributed by atoms with Crippen molar-refractivity contribution in [1.29, 1.82) is 0 Å². The topological polar surface area (TPSA) is 83.4 Å². The first-order valence-electron chi connectivity index (χ1n) is 11.6. The smallest absolute Gasteiger partial charge is 0.257 e. The van der Waals surface area contributed by atoms with E-state index in [2.05, 4.69) is 28.8 Å². The van der Waals surface area contributed by atoms with Gasteiger partial charge in [0.05, 0.1) is 23.2 Å². The number of hydrogen-bond donors (Lipinski definition) is 2. The molecule has 0 spiro atoms. The van der Waals surface area contributed by atoms with Crippen molar-refractivity contribution in [2.45, 2.75) is 13.8 Å². The van der Waals surface area contributed by atoms with Gasteiger partial charge in [-0.2, -0.15) is 0 Å². The molecule has 1 saturated carbocycles. The molecule has 3 aromatic rings. The standard InChI is InChI=1S/C26H28ClFN4O3S/c1-26(2)21-13-32(14-22(21)26)19-5-6-20(23(28)11-19)24-7-15(12-31(24)3)25(33)29-17-8-16(27)9-18(10-17)30-36(4,34)35/h5-12,21-22,30H,13-14H2,1-4H3,(H,29,33). The number of piperidine rings is 1. The minimum absolute atomic E-state index is 0.232. The molecule has 1 aliphatic carbocycles. The van der Waals surface area contributed by atoms with Gasteiger partial charge < -0.3 is 14.8 Å². The number of sulfonamides is 1. The van der Waals surface area contributed by atoms with Crippen LogP contribution in [0, 0.1) is 23.1 Å². The van der Waals surface area contributed by atoms with Gasteiger partial charge in [-0.3, -0.25) is 9.52 Å². The molecule has 0 bridgehead atoms. The van der Waals surface area contributed by atoms with Crippen molar-refractivity contribution in [3.8, 4) is 11.3 Å². The lowest BCUT2D eigenvalue weighted by Gasteiger charge is -2.24. The first-order valence-corrected chi connectivity index (χ1v) is 13.9. The summed E-state index contributed by atoms with van der Waals surface area (Å²) in [4.78, 5) is 15.2. The van der Waals surface area contributed by atoms with E-state index in [9.17, 15) is 13.2 Å². The summed E-state index contributed by atoms with van der Waals surface area (Å²) in [6.45, 7) is 6.50. The Morgan fingerprint density at radius 1 is 1.08 bits per heavy atom. The third-order valence-corrected chi connectivity index (χ3v) is 8.27. The quantitative estimate of drug-likeness (QED) is 0.459. The first kappa shape index (κ1) is 24.6. The van der Waals surface area contributed by atoms with Gasteiger partial charge in [0.1, 0.15) is 5.82 Å². The fourth-order valence-corrected chi connectivity index (χ4v) is 6.13. The van der Waals surface area contributed by atoms with Crippen molar-refractivity contribution in [2.24, 2.45) is 24.3 Å². The van der Waals surface area contributed by atoms with Crippen LogP contribution in [-0.4, -0.2) is 38.2 Å². The van der Waals surface area contributed by atoms with Crippen molar-refractivity contribution >= 4 is 44.6 Å². The number of carbonyl (C=O) groups is 1. The highest BCUT2D eigenvalue weighted by molar-refractivity contribution is 7.92. The number of aromatic nitrogens is 1. The van der Waals surface area contributed by atoms with Gasteiger partial charge in [-0.15, -0.1) is 0 Å². The molecule has 7 nitrogen and oxygen atoms in total. The second kappa shape index (κ2) is 8.52. The largest absolute Gasteiger partial charge is 0.371 e. The van der Waals surface area contributed by atoms with Crippen LogP contribution in [0.15, 0.2) is 48.7 Å². The van der Waals surface area contributed by atoms with E-state index in [-0.39, 0.29) is 16.5 Å². The minimum Gasteiger partial charge on any atom is -0.371 e. The van der Waals surface area contributed by atoms with E-state index in [1.807, 2.05) is 6.07 Å². The molecular formula is C26H28ClFN4O3S. The van der Waals surface area contributed by atoms with Crippen LogP contribution >= 0.6 is 11.6 Å². The Bertz CT molecular complexity index is 1470. The lowest BCUT2D eigenvalue weighted by molar-refractivity contribution is 0.102. The third kappa shape index (κ3) is 4.69. The maximum Gasteiger partial charge on any atom is 0.257 e. The number of aryl methyl sites for hydroxylation is 1. The number of halogens is 2. The fourth-order valence-electron chi connectivity index (χ4n) is 5.35. The highest BCUT2D eigenvalue weighted by Crippen LogP contribution is 2.62. The summed E-state index contributed by atoms with van der Waals surface area (Å²) in [6, 6.07) is 11.3. The van der Waals surface area contributed by atoms with E-state index in [1.165, 1.54) is 18.2 Å². The highest BCUT2D eigenvalue weighted by Gasteiger charge is 2.61. The van der Waals surface area contributed by atoms with E-state index in [1.54, 1.807) is 36.0 Å². The minimum atomic E-state index is -3.51. The number of anilines is 3. The number of fused-ring (bicyclic) bond motifs is 1. The maximum absolute atomic E-state index is 15.2.